The van der Waals surface area contributed by atoms with Gasteiger partial charge in [0.05, 0.1) is 0 Å². The van der Waals surface area contributed by atoms with Crippen LogP contribution in [-0.4, -0.2) is 0 Å². The molecule has 0 spiro atoms. The van der Waals surface area contributed by atoms with Gasteiger partial charge in [0.1, 0.15) is 0 Å². The highest BCUT2D eigenvalue weighted by Gasteiger charge is 2.19. The number of nitrogens with two attached hydrogens (primary N) is 1. The lowest BCUT2D eigenvalue weighted by molar-refractivity contribution is 0.713. The summed E-state index contributed by atoms with van der Waals surface area (Å²) in [6, 6.07) is 13.6. The first-order valence-corrected chi connectivity index (χ1v) is 6.61. The Morgan fingerprint density at radius 2 is 1.89 bits per heavy atom. The number of hydrogen-bond donors (Lipinski definition) is 1. The molecule has 1 aliphatic rings. The van der Waals surface area contributed by atoms with Crippen LogP contribution in [0.15, 0.2) is 36.4 Å². The van der Waals surface area contributed by atoms with Crippen LogP contribution in [0.3, 0.4) is 0 Å². The molecule has 2 aromatic carbocycles. The van der Waals surface area contributed by atoms with Crippen molar-refractivity contribution in [3.8, 4) is 11.1 Å². The minimum Gasteiger partial charge on any atom is -0.324 e. The molecule has 0 aromatic heterocycles. The third-order valence-corrected chi connectivity index (χ3v) is 3.97. The van der Waals surface area contributed by atoms with Gasteiger partial charge in [-0.15, -0.1) is 0 Å². The molecule has 0 bridgehead atoms. The van der Waals surface area contributed by atoms with Crippen LogP contribution in [0.1, 0.15) is 34.7 Å². The molecule has 3 rings (SSSR count). The Morgan fingerprint density at radius 1 is 1.06 bits per heavy atom. The van der Waals surface area contributed by atoms with Crippen molar-refractivity contribution in [2.45, 2.75) is 32.7 Å². The predicted octanol–water partition coefficient (Wildman–Crippen LogP) is 3.92. The number of benzene rings is 2. The maximum Gasteiger partial charge on any atom is 0.0300 e. The van der Waals surface area contributed by atoms with Gasteiger partial charge in [-0.05, 0) is 54.5 Å². The number of aryl methyl sites for hydroxylation is 3. The Morgan fingerprint density at radius 3 is 2.72 bits per heavy atom. The summed E-state index contributed by atoms with van der Waals surface area (Å²) in [4.78, 5) is 0. The molecule has 1 atom stereocenters. The zero-order valence-electron chi connectivity index (χ0n) is 11.0. The summed E-state index contributed by atoms with van der Waals surface area (Å²) in [5, 5.41) is 0. The Balaban J connectivity index is 2.10. The Hall–Kier alpha value is -1.60. The Kier molecular flexibility index (Phi) is 2.71. The average molecular weight is 237 g/mol. The normalized spacial score (nSPS) is 17.8. The monoisotopic (exact) mass is 237 g/mol. The van der Waals surface area contributed by atoms with Gasteiger partial charge in [-0.2, -0.15) is 0 Å². The maximum absolute atomic E-state index is 6.09. The van der Waals surface area contributed by atoms with Gasteiger partial charge >= 0.3 is 0 Å². The van der Waals surface area contributed by atoms with Gasteiger partial charge in [-0.1, -0.05) is 42.0 Å². The number of rotatable bonds is 1. The largest absolute Gasteiger partial charge is 0.324 e. The van der Waals surface area contributed by atoms with Gasteiger partial charge < -0.3 is 5.73 Å². The van der Waals surface area contributed by atoms with Crippen LogP contribution in [0.2, 0.25) is 0 Å². The summed E-state index contributed by atoms with van der Waals surface area (Å²) >= 11 is 0. The van der Waals surface area contributed by atoms with E-state index in [1.807, 2.05) is 0 Å². The molecule has 1 nitrogen and oxygen atoms in total. The third kappa shape index (κ3) is 1.85. The highest BCUT2D eigenvalue weighted by molar-refractivity contribution is 5.69. The third-order valence-electron chi connectivity index (χ3n) is 3.97. The van der Waals surface area contributed by atoms with Crippen LogP contribution in [0.5, 0.6) is 0 Å². The van der Waals surface area contributed by atoms with E-state index in [1.54, 1.807) is 0 Å². The van der Waals surface area contributed by atoms with Crippen molar-refractivity contribution in [2.75, 3.05) is 0 Å². The molecular formula is C17H19N. The molecule has 92 valence electrons. The smallest absolute Gasteiger partial charge is 0.0300 e. The van der Waals surface area contributed by atoms with E-state index in [2.05, 4.69) is 50.2 Å². The summed E-state index contributed by atoms with van der Waals surface area (Å²) in [5.74, 6) is 0. The lowest BCUT2D eigenvalue weighted by atomic mass is 9.95. The van der Waals surface area contributed by atoms with Crippen molar-refractivity contribution in [1.29, 1.82) is 0 Å². The minimum atomic E-state index is 0.243. The molecular weight excluding hydrogens is 218 g/mol. The second kappa shape index (κ2) is 4.25. The SMILES string of the molecule is Cc1ccc(C)c(-c2ccc3c(c2)CCC3N)c1. The van der Waals surface area contributed by atoms with E-state index in [0.29, 0.717) is 0 Å². The summed E-state index contributed by atoms with van der Waals surface area (Å²) in [6.07, 6.45) is 2.21. The van der Waals surface area contributed by atoms with Crippen molar-refractivity contribution in [3.63, 3.8) is 0 Å². The fraction of sp³-hybridized carbons (Fsp3) is 0.294. The van der Waals surface area contributed by atoms with Gasteiger partial charge in [0.2, 0.25) is 0 Å². The topological polar surface area (TPSA) is 26.0 Å². The second-order valence-corrected chi connectivity index (χ2v) is 5.38. The van der Waals surface area contributed by atoms with Gasteiger partial charge in [-0.25, -0.2) is 0 Å². The molecule has 0 aliphatic heterocycles. The van der Waals surface area contributed by atoms with Crippen molar-refractivity contribution in [1.82, 2.24) is 0 Å². The quantitative estimate of drug-likeness (QED) is 0.799. The molecule has 2 N–H and O–H groups in total. The minimum absolute atomic E-state index is 0.243. The van der Waals surface area contributed by atoms with Crippen LogP contribution >= 0.6 is 0 Å². The summed E-state index contributed by atoms with van der Waals surface area (Å²) in [7, 11) is 0. The molecule has 18 heavy (non-hydrogen) atoms. The molecule has 0 radical (unpaired) electrons. The molecule has 0 fully saturated rings. The van der Waals surface area contributed by atoms with Crippen molar-refractivity contribution in [2.24, 2.45) is 5.73 Å². The standard InChI is InChI=1S/C17H19N/c1-11-3-4-12(2)16(9-11)14-5-7-15-13(10-14)6-8-17(15)18/h3-5,7,9-10,17H,6,8,18H2,1-2H3. The highest BCUT2D eigenvalue weighted by Crippen LogP contribution is 2.33. The predicted molar refractivity (Wildman–Crippen MR) is 76.6 cm³/mol. The Bertz CT molecular complexity index is 599. The first-order chi connectivity index (χ1) is 8.65. The van der Waals surface area contributed by atoms with Crippen LogP contribution in [0, 0.1) is 13.8 Å². The van der Waals surface area contributed by atoms with Gasteiger partial charge in [0.25, 0.3) is 0 Å². The first kappa shape index (κ1) is 11.5. The summed E-state index contributed by atoms with van der Waals surface area (Å²) in [6.45, 7) is 4.32. The van der Waals surface area contributed by atoms with E-state index < -0.39 is 0 Å². The van der Waals surface area contributed by atoms with Gasteiger partial charge in [0.15, 0.2) is 0 Å². The molecule has 1 unspecified atom stereocenters. The van der Waals surface area contributed by atoms with Crippen molar-refractivity contribution in [3.05, 3.63) is 58.7 Å². The Labute approximate surface area is 109 Å². The first-order valence-electron chi connectivity index (χ1n) is 6.61. The lowest BCUT2D eigenvalue weighted by Gasteiger charge is -2.10. The summed E-state index contributed by atoms with van der Waals surface area (Å²) < 4.78 is 0. The lowest BCUT2D eigenvalue weighted by Crippen LogP contribution is -2.04. The highest BCUT2D eigenvalue weighted by atomic mass is 14.6. The van der Waals surface area contributed by atoms with Crippen LogP contribution in [0.25, 0.3) is 11.1 Å². The molecule has 0 saturated carbocycles. The maximum atomic E-state index is 6.09. The molecule has 0 amide bonds. The van der Waals surface area contributed by atoms with Crippen LogP contribution in [0.4, 0.5) is 0 Å². The average Bonchev–Trinajstić information content (AvgIpc) is 2.74. The molecule has 1 heteroatoms. The number of fused-ring (bicyclic) bond motifs is 1. The number of hydrogen-bond acceptors (Lipinski definition) is 1. The van der Waals surface area contributed by atoms with Crippen LogP contribution < -0.4 is 5.73 Å². The molecule has 1 aliphatic carbocycles. The van der Waals surface area contributed by atoms with E-state index in [9.17, 15) is 0 Å². The molecule has 0 saturated heterocycles. The van der Waals surface area contributed by atoms with Gasteiger partial charge in [0, 0.05) is 6.04 Å². The molecule has 2 aromatic rings. The fourth-order valence-corrected chi connectivity index (χ4v) is 2.86. The van der Waals surface area contributed by atoms with E-state index in [0.717, 1.165) is 12.8 Å². The second-order valence-electron chi connectivity index (χ2n) is 5.38. The van der Waals surface area contributed by atoms with Gasteiger partial charge in [-0.3, -0.25) is 0 Å². The zero-order chi connectivity index (χ0) is 12.7. The van der Waals surface area contributed by atoms with E-state index in [1.165, 1.54) is 33.4 Å². The zero-order valence-corrected chi connectivity index (χ0v) is 11.0. The van der Waals surface area contributed by atoms with E-state index >= 15 is 0 Å². The summed E-state index contributed by atoms with van der Waals surface area (Å²) in [5.41, 5.74) is 14.2. The van der Waals surface area contributed by atoms with E-state index in [-0.39, 0.29) is 6.04 Å². The van der Waals surface area contributed by atoms with Crippen molar-refractivity contribution < 1.29 is 0 Å². The van der Waals surface area contributed by atoms with E-state index in [4.69, 9.17) is 5.73 Å². The fourth-order valence-electron chi connectivity index (χ4n) is 2.86. The van der Waals surface area contributed by atoms with Crippen molar-refractivity contribution >= 4 is 0 Å². The van der Waals surface area contributed by atoms with Crippen LogP contribution in [-0.2, 0) is 6.42 Å². The molecule has 0 heterocycles.